The summed E-state index contributed by atoms with van der Waals surface area (Å²) in [5.74, 6) is 2.42. The lowest BCUT2D eigenvalue weighted by Gasteiger charge is -2.29. The number of rotatable bonds is 6. The number of fused-ring (bicyclic) bond motifs is 1. The van der Waals surface area contributed by atoms with Crippen LogP contribution in [-0.2, 0) is 4.79 Å². The van der Waals surface area contributed by atoms with Gasteiger partial charge in [-0.1, -0.05) is 6.07 Å². The molecule has 1 atom stereocenters. The first-order valence-electron chi connectivity index (χ1n) is 8.42. The highest BCUT2D eigenvalue weighted by Gasteiger charge is 2.32. The van der Waals surface area contributed by atoms with Gasteiger partial charge in [-0.25, -0.2) is 0 Å². The average Bonchev–Trinajstić information content (AvgIpc) is 2.70. The van der Waals surface area contributed by atoms with E-state index >= 15 is 0 Å². The van der Waals surface area contributed by atoms with Crippen molar-refractivity contribution in [2.24, 2.45) is 0 Å². The van der Waals surface area contributed by atoms with Crippen LogP contribution in [0.4, 0.5) is 5.69 Å². The lowest BCUT2D eigenvalue weighted by Crippen LogP contribution is -2.24. The second-order valence-electron chi connectivity index (χ2n) is 6.02. The molecular formula is C20H23NO6. The number of benzene rings is 2. The van der Waals surface area contributed by atoms with E-state index < -0.39 is 0 Å². The minimum absolute atomic E-state index is 0.0865. The van der Waals surface area contributed by atoms with Crippen LogP contribution in [0.25, 0.3) is 0 Å². The van der Waals surface area contributed by atoms with Gasteiger partial charge in [-0.05, 0) is 17.7 Å². The molecule has 7 heteroatoms. The number of carbonyl (C=O) groups is 1. The number of methoxy groups -OCH3 is 5. The standard InChI is InChI=1S/C20H23NO6/c1-23-15-7-6-11(19(26-4)20(15)27-5)12-9-18(22)21-14-10-17(25-3)16(24-2)8-13(12)14/h6-8,10,12H,9H2,1-5H3,(H,21,22)/t12-/m1/s1. The van der Waals surface area contributed by atoms with Crippen molar-refractivity contribution >= 4 is 11.6 Å². The van der Waals surface area contributed by atoms with Crippen LogP contribution in [0, 0.1) is 0 Å². The van der Waals surface area contributed by atoms with E-state index in [0.29, 0.717) is 34.4 Å². The molecule has 1 amide bonds. The predicted molar refractivity (Wildman–Crippen MR) is 101 cm³/mol. The van der Waals surface area contributed by atoms with Crippen molar-refractivity contribution in [3.63, 3.8) is 0 Å². The van der Waals surface area contributed by atoms with Crippen LogP contribution < -0.4 is 29.0 Å². The lowest BCUT2D eigenvalue weighted by molar-refractivity contribution is -0.116. The Hall–Kier alpha value is -3.09. The molecule has 0 radical (unpaired) electrons. The van der Waals surface area contributed by atoms with Crippen LogP contribution in [0.1, 0.15) is 23.5 Å². The molecule has 27 heavy (non-hydrogen) atoms. The molecule has 0 aromatic heterocycles. The van der Waals surface area contributed by atoms with Crippen molar-refractivity contribution in [3.05, 3.63) is 35.4 Å². The van der Waals surface area contributed by atoms with Gasteiger partial charge in [-0.15, -0.1) is 0 Å². The second-order valence-corrected chi connectivity index (χ2v) is 6.02. The van der Waals surface area contributed by atoms with Crippen LogP contribution in [-0.4, -0.2) is 41.5 Å². The first-order valence-corrected chi connectivity index (χ1v) is 8.42. The zero-order chi connectivity index (χ0) is 19.6. The van der Waals surface area contributed by atoms with Crippen molar-refractivity contribution in [2.75, 3.05) is 40.9 Å². The Morgan fingerprint density at radius 3 is 2.00 bits per heavy atom. The number of anilines is 1. The van der Waals surface area contributed by atoms with Gasteiger partial charge in [0.2, 0.25) is 11.7 Å². The van der Waals surface area contributed by atoms with Crippen molar-refractivity contribution in [1.29, 1.82) is 0 Å². The molecular weight excluding hydrogens is 350 g/mol. The average molecular weight is 373 g/mol. The normalized spacial score (nSPS) is 15.4. The van der Waals surface area contributed by atoms with E-state index in [1.165, 1.54) is 0 Å². The summed E-state index contributed by atoms with van der Waals surface area (Å²) in [6.45, 7) is 0. The summed E-state index contributed by atoms with van der Waals surface area (Å²) in [4.78, 5) is 12.4. The number of amides is 1. The Kier molecular flexibility index (Phi) is 5.30. The summed E-state index contributed by atoms with van der Waals surface area (Å²) in [7, 11) is 7.83. The maximum atomic E-state index is 12.4. The lowest BCUT2D eigenvalue weighted by atomic mass is 9.83. The summed E-state index contributed by atoms with van der Waals surface area (Å²) < 4.78 is 27.3. The van der Waals surface area contributed by atoms with E-state index in [2.05, 4.69) is 5.32 Å². The van der Waals surface area contributed by atoms with Gasteiger partial charge in [0.25, 0.3) is 0 Å². The number of hydrogen-bond acceptors (Lipinski definition) is 6. The Balaban J connectivity index is 2.21. The third-order valence-electron chi connectivity index (χ3n) is 4.70. The molecule has 1 heterocycles. The topological polar surface area (TPSA) is 75.2 Å². The molecule has 1 aliphatic rings. The van der Waals surface area contributed by atoms with Crippen molar-refractivity contribution in [1.82, 2.24) is 0 Å². The van der Waals surface area contributed by atoms with Gasteiger partial charge < -0.3 is 29.0 Å². The molecule has 0 saturated carbocycles. The molecule has 2 aromatic carbocycles. The highest BCUT2D eigenvalue weighted by molar-refractivity contribution is 5.96. The maximum Gasteiger partial charge on any atom is 0.225 e. The fourth-order valence-corrected chi connectivity index (χ4v) is 3.46. The Labute approximate surface area is 158 Å². The smallest absolute Gasteiger partial charge is 0.225 e. The SMILES string of the molecule is COc1cc2c(cc1OC)[C@@H](c1ccc(OC)c(OC)c1OC)CC(=O)N2. The number of ether oxygens (including phenoxy) is 5. The van der Waals surface area contributed by atoms with Crippen LogP contribution in [0.3, 0.4) is 0 Å². The van der Waals surface area contributed by atoms with E-state index in [1.54, 1.807) is 41.6 Å². The molecule has 0 unspecified atom stereocenters. The Morgan fingerprint density at radius 2 is 1.41 bits per heavy atom. The zero-order valence-electron chi connectivity index (χ0n) is 16.0. The van der Waals surface area contributed by atoms with Crippen molar-refractivity contribution < 1.29 is 28.5 Å². The van der Waals surface area contributed by atoms with E-state index in [0.717, 1.165) is 11.1 Å². The van der Waals surface area contributed by atoms with Gasteiger partial charge in [-0.2, -0.15) is 0 Å². The molecule has 1 aliphatic heterocycles. The van der Waals surface area contributed by atoms with Gasteiger partial charge in [0, 0.05) is 29.7 Å². The third kappa shape index (κ3) is 3.20. The van der Waals surface area contributed by atoms with Gasteiger partial charge in [0.15, 0.2) is 23.0 Å². The predicted octanol–water partition coefficient (Wildman–Crippen LogP) is 3.20. The largest absolute Gasteiger partial charge is 0.493 e. The van der Waals surface area contributed by atoms with Crippen LogP contribution in [0.5, 0.6) is 28.7 Å². The highest BCUT2D eigenvalue weighted by atomic mass is 16.5. The molecule has 0 saturated heterocycles. The number of carbonyl (C=O) groups excluding carboxylic acids is 1. The molecule has 0 spiro atoms. The molecule has 7 nitrogen and oxygen atoms in total. The minimum atomic E-state index is -0.233. The number of nitrogens with one attached hydrogen (secondary N) is 1. The summed E-state index contributed by atoms with van der Waals surface area (Å²) >= 11 is 0. The monoisotopic (exact) mass is 373 g/mol. The van der Waals surface area contributed by atoms with Gasteiger partial charge in [0.05, 0.1) is 35.5 Å². The molecule has 0 aliphatic carbocycles. The quantitative estimate of drug-likeness (QED) is 0.838. The fraction of sp³-hybridized carbons (Fsp3) is 0.350. The molecule has 3 rings (SSSR count). The number of hydrogen-bond donors (Lipinski definition) is 1. The van der Waals surface area contributed by atoms with E-state index in [4.69, 9.17) is 23.7 Å². The van der Waals surface area contributed by atoms with Crippen LogP contribution >= 0.6 is 0 Å². The maximum absolute atomic E-state index is 12.4. The molecule has 2 aromatic rings. The fourth-order valence-electron chi connectivity index (χ4n) is 3.46. The van der Waals surface area contributed by atoms with Gasteiger partial charge in [0.1, 0.15) is 0 Å². The highest BCUT2D eigenvalue weighted by Crippen LogP contribution is 2.49. The van der Waals surface area contributed by atoms with E-state index in [9.17, 15) is 4.79 Å². The molecule has 0 bridgehead atoms. The second kappa shape index (κ2) is 7.65. The van der Waals surface area contributed by atoms with Crippen molar-refractivity contribution in [2.45, 2.75) is 12.3 Å². The molecule has 0 fully saturated rings. The van der Waals surface area contributed by atoms with Gasteiger partial charge in [-0.3, -0.25) is 4.79 Å². The molecule has 1 N–H and O–H groups in total. The van der Waals surface area contributed by atoms with Gasteiger partial charge >= 0.3 is 0 Å². The van der Waals surface area contributed by atoms with Crippen molar-refractivity contribution in [3.8, 4) is 28.7 Å². The summed E-state index contributed by atoms with van der Waals surface area (Å²) in [5.41, 5.74) is 2.43. The first kappa shape index (κ1) is 18.7. The summed E-state index contributed by atoms with van der Waals surface area (Å²) in [6, 6.07) is 7.35. The zero-order valence-corrected chi connectivity index (χ0v) is 16.0. The third-order valence-corrected chi connectivity index (χ3v) is 4.70. The Morgan fingerprint density at radius 1 is 0.778 bits per heavy atom. The van der Waals surface area contributed by atoms with Crippen LogP contribution in [0.2, 0.25) is 0 Å². The first-order chi connectivity index (χ1) is 13.1. The van der Waals surface area contributed by atoms with E-state index in [-0.39, 0.29) is 18.2 Å². The Bertz CT molecular complexity index is 864. The minimum Gasteiger partial charge on any atom is -0.493 e. The van der Waals surface area contributed by atoms with Crippen LogP contribution in [0.15, 0.2) is 24.3 Å². The summed E-state index contributed by atoms with van der Waals surface area (Å²) in [6.07, 6.45) is 0.272. The van der Waals surface area contributed by atoms with E-state index in [1.807, 2.05) is 18.2 Å². The summed E-state index contributed by atoms with van der Waals surface area (Å²) in [5, 5.41) is 2.90. The molecule has 144 valence electrons.